The van der Waals surface area contributed by atoms with E-state index < -0.39 is 0 Å². The zero-order valence-corrected chi connectivity index (χ0v) is 19.4. The molecule has 0 bridgehead atoms. The highest BCUT2D eigenvalue weighted by Gasteiger charge is 2.05. The van der Waals surface area contributed by atoms with Crippen LogP contribution in [0.1, 0.15) is 22.3 Å². The molecule has 0 saturated carbocycles. The summed E-state index contributed by atoms with van der Waals surface area (Å²) < 4.78 is 7.52. The topological polar surface area (TPSA) is 63.5 Å². The Bertz CT molecular complexity index is 907. The van der Waals surface area contributed by atoms with Crippen molar-refractivity contribution in [1.82, 2.24) is 20.2 Å². The number of hydrogen-bond acceptors (Lipinski definition) is 3. The molecule has 3 aromatic rings. The molecule has 0 spiro atoms. The first-order valence-electron chi connectivity index (χ1n) is 9.29. The van der Waals surface area contributed by atoms with E-state index in [4.69, 9.17) is 4.74 Å². The van der Waals surface area contributed by atoms with Gasteiger partial charge in [0, 0.05) is 44.6 Å². The summed E-state index contributed by atoms with van der Waals surface area (Å²) in [6.45, 7) is 4.24. The zero-order chi connectivity index (χ0) is 19.8. The summed E-state index contributed by atoms with van der Waals surface area (Å²) in [7, 11) is 3.47. The molecule has 0 amide bonds. The molecular weight excluding hydrogens is 477 g/mol. The normalized spacial score (nSPS) is 10.9. The second-order valence-electron chi connectivity index (χ2n) is 6.65. The number of guanidine groups is 1. The summed E-state index contributed by atoms with van der Waals surface area (Å²) in [5, 5.41) is 6.69. The smallest absolute Gasteiger partial charge is 0.191 e. The molecule has 0 saturated heterocycles. The van der Waals surface area contributed by atoms with Crippen LogP contribution in [0.4, 0.5) is 0 Å². The second kappa shape index (κ2) is 11.5. The Morgan fingerprint density at radius 1 is 1.07 bits per heavy atom. The molecule has 0 radical (unpaired) electrons. The van der Waals surface area contributed by atoms with Gasteiger partial charge in [0.25, 0.3) is 0 Å². The Hall–Kier alpha value is -2.55. The lowest BCUT2D eigenvalue weighted by atomic mass is 10.1. The SMILES string of the molecule is CN=C(NCc1ccc(Cn2ccnc2)cc1)NCc1ccc(C)cc1OC.I. The molecule has 6 nitrogen and oxygen atoms in total. The molecule has 0 aliphatic rings. The van der Waals surface area contributed by atoms with Crippen LogP contribution in [0.2, 0.25) is 0 Å². The monoisotopic (exact) mass is 505 g/mol. The minimum absolute atomic E-state index is 0. The molecule has 0 fully saturated rings. The second-order valence-corrected chi connectivity index (χ2v) is 6.65. The highest BCUT2D eigenvalue weighted by atomic mass is 127. The largest absolute Gasteiger partial charge is 0.496 e. The number of hydrogen-bond donors (Lipinski definition) is 2. The van der Waals surface area contributed by atoms with Crippen LogP contribution >= 0.6 is 24.0 Å². The summed E-state index contributed by atoms with van der Waals surface area (Å²) in [5.41, 5.74) is 4.72. The van der Waals surface area contributed by atoms with Crippen molar-refractivity contribution in [3.8, 4) is 5.75 Å². The molecule has 7 heteroatoms. The number of aromatic nitrogens is 2. The molecule has 1 aromatic heterocycles. The molecule has 2 N–H and O–H groups in total. The van der Waals surface area contributed by atoms with Crippen molar-refractivity contribution in [2.45, 2.75) is 26.6 Å². The minimum Gasteiger partial charge on any atom is -0.496 e. The van der Waals surface area contributed by atoms with Crippen LogP contribution in [0, 0.1) is 6.92 Å². The molecule has 154 valence electrons. The van der Waals surface area contributed by atoms with Crippen LogP contribution in [0.15, 0.2) is 66.2 Å². The van der Waals surface area contributed by atoms with Crippen molar-refractivity contribution in [3.63, 3.8) is 0 Å². The number of ether oxygens (including phenoxy) is 1. The third-order valence-electron chi connectivity index (χ3n) is 4.52. The highest BCUT2D eigenvalue weighted by molar-refractivity contribution is 14.0. The van der Waals surface area contributed by atoms with Gasteiger partial charge < -0.3 is 19.9 Å². The van der Waals surface area contributed by atoms with Crippen LogP contribution in [-0.4, -0.2) is 29.7 Å². The van der Waals surface area contributed by atoms with Crippen molar-refractivity contribution in [2.24, 2.45) is 4.99 Å². The maximum absolute atomic E-state index is 5.46. The molecule has 0 aliphatic carbocycles. The van der Waals surface area contributed by atoms with Crippen molar-refractivity contribution in [3.05, 3.63) is 83.4 Å². The lowest BCUT2D eigenvalue weighted by Crippen LogP contribution is -2.36. The Morgan fingerprint density at radius 2 is 1.79 bits per heavy atom. The van der Waals surface area contributed by atoms with Gasteiger partial charge in [-0.25, -0.2) is 4.98 Å². The third-order valence-corrected chi connectivity index (χ3v) is 4.52. The molecular formula is C22H28IN5O. The van der Waals surface area contributed by atoms with Crippen molar-refractivity contribution in [1.29, 1.82) is 0 Å². The predicted molar refractivity (Wildman–Crippen MR) is 128 cm³/mol. The maximum Gasteiger partial charge on any atom is 0.191 e. The number of nitrogens with zero attached hydrogens (tertiary/aromatic N) is 3. The summed E-state index contributed by atoms with van der Waals surface area (Å²) in [5.74, 6) is 1.64. The summed E-state index contributed by atoms with van der Waals surface area (Å²) in [4.78, 5) is 8.38. The molecule has 0 atom stereocenters. The quantitative estimate of drug-likeness (QED) is 0.292. The maximum atomic E-state index is 5.46. The molecule has 0 unspecified atom stereocenters. The number of halogens is 1. The van der Waals surface area contributed by atoms with Crippen molar-refractivity contribution < 1.29 is 4.74 Å². The van der Waals surface area contributed by atoms with Gasteiger partial charge in [0.2, 0.25) is 0 Å². The van der Waals surface area contributed by atoms with Gasteiger partial charge in [-0.1, -0.05) is 36.4 Å². The average Bonchev–Trinajstić information content (AvgIpc) is 3.23. The number of nitrogens with one attached hydrogen (secondary N) is 2. The van der Waals surface area contributed by atoms with Gasteiger partial charge in [0.05, 0.1) is 13.4 Å². The Morgan fingerprint density at radius 3 is 2.45 bits per heavy atom. The van der Waals surface area contributed by atoms with E-state index >= 15 is 0 Å². The average molecular weight is 505 g/mol. The van der Waals surface area contributed by atoms with Crippen LogP contribution in [0.5, 0.6) is 5.75 Å². The van der Waals surface area contributed by atoms with Gasteiger partial charge >= 0.3 is 0 Å². The van der Waals surface area contributed by atoms with Crippen LogP contribution < -0.4 is 15.4 Å². The first-order valence-corrected chi connectivity index (χ1v) is 9.29. The van der Waals surface area contributed by atoms with Crippen LogP contribution in [0.3, 0.4) is 0 Å². The fraction of sp³-hybridized carbons (Fsp3) is 0.273. The highest BCUT2D eigenvalue weighted by Crippen LogP contribution is 2.19. The summed E-state index contributed by atoms with van der Waals surface area (Å²) in [6.07, 6.45) is 5.59. The third kappa shape index (κ3) is 6.77. The number of methoxy groups -OCH3 is 1. The zero-order valence-electron chi connectivity index (χ0n) is 17.1. The van der Waals surface area contributed by atoms with Crippen molar-refractivity contribution >= 4 is 29.9 Å². The number of aryl methyl sites for hydroxylation is 1. The van der Waals surface area contributed by atoms with Gasteiger partial charge in [0.1, 0.15) is 5.75 Å². The van der Waals surface area contributed by atoms with E-state index in [1.54, 1.807) is 20.4 Å². The lowest BCUT2D eigenvalue weighted by Gasteiger charge is -2.14. The van der Waals surface area contributed by atoms with Gasteiger partial charge in [-0.05, 0) is 29.7 Å². The lowest BCUT2D eigenvalue weighted by molar-refractivity contribution is 0.408. The van der Waals surface area contributed by atoms with E-state index in [9.17, 15) is 0 Å². The molecule has 0 aliphatic heterocycles. The Labute approximate surface area is 189 Å². The molecule has 3 rings (SSSR count). The fourth-order valence-corrected chi connectivity index (χ4v) is 2.94. The standard InChI is InChI=1S/C22H27N5O.HI/c1-17-4-9-20(21(12-17)28-3)14-26-22(23-2)25-13-18-5-7-19(8-6-18)15-27-11-10-24-16-27;/h4-12,16H,13-15H2,1-3H3,(H2,23,25,26);1H. The molecule has 1 heterocycles. The number of benzene rings is 2. The number of rotatable bonds is 7. The first-order chi connectivity index (χ1) is 13.7. The molecule has 29 heavy (non-hydrogen) atoms. The summed E-state index contributed by atoms with van der Waals surface area (Å²) in [6, 6.07) is 14.8. The van der Waals surface area contributed by atoms with Crippen LogP contribution in [0.25, 0.3) is 0 Å². The van der Waals surface area contributed by atoms with Gasteiger partial charge in [-0.3, -0.25) is 4.99 Å². The van der Waals surface area contributed by atoms with Crippen molar-refractivity contribution in [2.75, 3.05) is 14.2 Å². The predicted octanol–water partition coefficient (Wildman–Crippen LogP) is 3.73. The van der Waals surface area contributed by atoms with Crippen LogP contribution in [-0.2, 0) is 19.6 Å². The number of aliphatic imine (C=N–C) groups is 1. The van der Waals surface area contributed by atoms with E-state index in [-0.39, 0.29) is 24.0 Å². The number of imidazole rings is 1. The van der Waals surface area contributed by atoms with E-state index in [2.05, 4.69) is 68.5 Å². The van der Waals surface area contributed by atoms with Gasteiger partial charge in [-0.2, -0.15) is 0 Å². The van der Waals surface area contributed by atoms with E-state index in [1.165, 1.54) is 16.7 Å². The Balaban J connectivity index is 0.00000300. The first kappa shape index (κ1) is 22.7. The summed E-state index contributed by atoms with van der Waals surface area (Å²) >= 11 is 0. The molecule has 2 aromatic carbocycles. The minimum atomic E-state index is 0. The van der Waals surface area contributed by atoms with E-state index in [0.717, 1.165) is 23.8 Å². The van der Waals surface area contributed by atoms with E-state index in [0.29, 0.717) is 13.1 Å². The Kier molecular flexibility index (Phi) is 8.98. The van der Waals surface area contributed by atoms with Gasteiger partial charge in [0.15, 0.2) is 5.96 Å². The van der Waals surface area contributed by atoms with E-state index in [1.807, 2.05) is 18.6 Å². The van der Waals surface area contributed by atoms with Gasteiger partial charge in [-0.15, -0.1) is 24.0 Å². The fourth-order valence-electron chi connectivity index (χ4n) is 2.94.